The number of nitrogens with zero attached hydrogens (tertiary/aromatic N) is 1. The van der Waals surface area contributed by atoms with Crippen LogP contribution >= 0.6 is 43.5 Å². The molecule has 2 rings (SSSR count). The molecule has 0 fully saturated rings. The van der Waals surface area contributed by atoms with E-state index in [0.717, 1.165) is 15.9 Å². The first-order valence-corrected chi connectivity index (χ1v) is 7.42. The van der Waals surface area contributed by atoms with Gasteiger partial charge in [-0.3, -0.25) is 0 Å². The lowest BCUT2D eigenvalue weighted by atomic mass is 10.2. The molecular weight excluding hydrogens is 413 g/mol. The summed E-state index contributed by atoms with van der Waals surface area (Å²) < 4.78 is 7.13. The third-order valence-corrected chi connectivity index (χ3v) is 3.84. The normalized spacial score (nSPS) is 11.2. The maximum atomic E-state index is 10.4. The predicted molar refractivity (Wildman–Crippen MR) is 84.4 cm³/mol. The van der Waals surface area contributed by atoms with Crippen molar-refractivity contribution < 1.29 is 14.6 Å². The Bertz CT molecular complexity index is 704. The number of carboxylic acid groups (broad SMARTS) is 1. The summed E-state index contributed by atoms with van der Waals surface area (Å²) in [5.41, 5.74) is 0.600. The molecule has 0 aliphatic rings. The highest BCUT2D eigenvalue weighted by molar-refractivity contribution is 9.11. The highest BCUT2D eigenvalue weighted by atomic mass is 79.9. The number of rotatable bonds is 4. The summed E-state index contributed by atoms with van der Waals surface area (Å²) in [4.78, 5) is 14.6. The fourth-order valence-electron chi connectivity index (χ4n) is 1.59. The van der Waals surface area contributed by atoms with Gasteiger partial charge in [0.05, 0.1) is 4.47 Å². The molecule has 1 heterocycles. The van der Waals surface area contributed by atoms with E-state index >= 15 is 0 Å². The Balaban J connectivity index is 2.41. The molecule has 0 bridgehead atoms. The molecule has 0 saturated heterocycles. The van der Waals surface area contributed by atoms with Crippen molar-refractivity contribution in [2.45, 2.75) is 0 Å². The Morgan fingerprint density at radius 3 is 2.85 bits per heavy atom. The Morgan fingerprint density at radius 1 is 1.40 bits per heavy atom. The molecule has 0 spiro atoms. The first-order chi connectivity index (χ1) is 9.49. The van der Waals surface area contributed by atoms with Crippen LogP contribution in [0.25, 0.3) is 10.9 Å². The van der Waals surface area contributed by atoms with Crippen LogP contribution in [0.2, 0.25) is 5.15 Å². The van der Waals surface area contributed by atoms with Gasteiger partial charge in [0.2, 0.25) is 0 Å². The Labute approximate surface area is 136 Å². The molecule has 0 radical (unpaired) electrons. The second-order valence-corrected chi connectivity index (χ2v) is 5.85. The molecule has 20 heavy (non-hydrogen) atoms. The van der Waals surface area contributed by atoms with Gasteiger partial charge in [0.1, 0.15) is 17.3 Å². The zero-order valence-electron chi connectivity index (χ0n) is 9.94. The van der Waals surface area contributed by atoms with Crippen molar-refractivity contribution in [2.24, 2.45) is 0 Å². The van der Waals surface area contributed by atoms with Crippen molar-refractivity contribution in [3.63, 3.8) is 0 Å². The first-order valence-electron chi connectivity index (χ1n) is 5.45. The maximum absolute atomic E-state index is 10.4. The number of benzene rings is 1. The van der Waals surface area contributed by atoms with Crippen LogP contribution < -0.4 is 4.74 Å². The van der Waals surface area contributed by atoms with Crippen molar-refractivity contribution in [1.82, 2.24) is 4.98 Å². The van der Waals surface area contributed by atoms with Crippen LogP contribution in [-0.2, 0) is 4.79 Å². The van der Waals surface area contributed by atoms with Crippen LogP contribution in [-0.4, -0.2) is 22.7 Å². The average Bonchev–Trinajstić information content (AvgIpc) is 2.36. The average molecular weight is 421 g/mol. The minimum absolute atomic E-state index is 0.121. The van der Waals surface area contributed by atoms with Gasteiger partial charge < -0.3 is 9.84 Å². The number of ether oxygens (including phenoxy) is 1. The standard InChI is InChI=1S/C13H8Br2ClNO3/c14-8-6-9(15)13(20-5-1-2-11(18)19)12-7(8)3-4-10(16)17-12/h1-4,6H,5H2,(H,18,19)/b2-1+. The highest BCUT2D eigenvalue weighted by Gasteiger charge is 2.12. The topological polar surface area (TPSA) is 59.4 Å². The summed E-state index contributed by atoms with van der Waals surface area (Å²) in [6, 6.07) is 5.37. The Kier molecular flexibility index (Phi) is 5.01. The van der Waals surface area contributed by atoms with Gasteiger partial charge in [-0.2, -0.15) is 0 Å². The molecular formula is C13H8Br2ClNO3. The summed E-state index contributed by atoms with van der Waals surface area (Å²) in [5, 5.41) is 9.73. The van der Waals surface area contributed by atoms with Crippen LogP contribution in [0, 0.1) is 0 Å². The number of aliphatic carboxylic acids is 1. The molecule has 1 N–H and O–H groups in total. The molecule has 0 saturated carbocycles. The van der Waals surface area contributed by atoms with Gasteiger partial charge in [-0.1, -0.05) is 27.5 Å². The van der Waals surface area contributed by atoms with Crippen molar-refractivity contribution in [3.05, 3.63) is 44.4 Å². The number of hydrogen-bond donors (Lipinski definition) is 1. The summed E-state index contributed by atoms with van der Waals surface area (Å²) in [7, 11) is 0. The molecule has 104 valence electrons. The molecule has 0 atom stereocenters. The monoisotopic (exact) mass is 419 g/mol. The molecule has 2 aromatic rings. The lowest BCUT2D eigenvalue weighted by Crippen LogP contribution is -1.98. The molecule has 0 aliphatic carbocycles. The highest BCUT2D eigenvalue weighted by Crippen LogP contribution is 2.38. The van der Waals surface area contributed by atoms with Gasteiger partial charge in [0, 0.05) is 15.9 Å². The molecule has 1 aromatic heterocycles. The van der Waals surface area contributed by atoms with E-state index in [1.807, 2.05) is 12.1 Å². The summed E-state index contributed by atoms with van der Waals surface area (Å²) >= 11 is 12.8. The van der Waals surface area contributed by atoms with Gasteiger partial charge in [-0.05, 0) is 40.2 Å². The van der Waals surface area contributed by atoms with E-state index in [4.69, 9.17) is 21.4 Å². The van der Waals surface area contributed by atoms with E-state index in [1.165, 1.54) is 6.08 Å². The van der Waals surface area contributed by atoms with E-state index in [2.05, 4.69) is 36.8 Å². The minimum atomic E-state index is -1.02. The molecule has 1 aromatic carbocycles. The largest absolute Gasteiger partial charge is 0.486 e. The van der Waals surface area contributed by atoms with Gasteiger partial charge in [0.15, 0.2) is 5.75 Å². The van der Waals surface area contributed by atoms with E-state index in [-0.39, 0.29) is 6.61 Å². The van der Waals surface area contributed by atoms with Crippen LogP contribution in [0.1, 0.15) is 0 Å². The van der Waals surface area contributed by atoms with Gasteiger partial charge in [-0.25, -0.2) is 9.78 Å². The third-order valence-electron chi connectivity index (χ3n) is 2.39. The second-order valence-electron chi connectivity index (χ2n) is 3.75. The third kappa shape index (κ3) is 3.50. The minimum Gasteiger partial charge on any atom is -0.486 e. The zero-order valence-corrected chi connectivity index (χ0v) is 13.9. The van der Waals surface area contributed by atoms with Gasteiger partial charge >= 0.3 is 5.97 Å². The predicted octanol–water partition coefficient (Wildman–Crippen LogP) is 4.43. The van der Waals surface area contributed by atoms with Crippen LogP contribution in [0.5, 0.6) is 5.75 Å². The van der Waals surface area contributed by atoms with Crippen LogP contribution in [0.15, 0.2) is 39.3 Å². The van der Waals surface area contributed by atoms with E-state index in [1.54, 1.807) is 6.07 Å². The molecule has 0 unspecified atom stereocenters. The fourth-order valence-corrected chi connectivity index (χ4v) is 3.12. The SMILES string of the molecule is O=C(O)/C=C/COc1c(Br)cc(Br)c2ccc(Cl)nc12. The molecule has 4 nitrogen and oxygen atoms in total. The van der Waals surface area contributed by atoms with Crippen molar-refractivity contribution in [1.29, 1.82) is 0 Å². The van der Waals surface area contributed by atoms with E-state index in [9.17, 15) is 4.79 Å². The maximum Gasteiger partial charge on any atom is 0.328 e. The number of carboxylic acids is 1. The molecule has 0 amide bonds. The summed E-state index contributed by atoms with van der Waals surface area (Å²) in [6.45, 7) is 0.121. The quantitative estimate of drug-likeness (QED) is 0.586. The number of hydrogen-bond acceptors (Lipinski definition) is 3. The van der Waals surface area contributed by atoms with Crippen molar-refractivity contribution >= 4 is 60.3 Å². The van der Waals surface area contributed by atoms with Gasteiger partial charge in [-0.15, -0.1) is 0 Å². The lowest BCUT2D eigenvalue weighted by molar-refractivity contribution is -0.131. The number of aromatic nitrogens is 1. The second kappa shape index (κ2) is 6.56. The lowest BCUT2D eigenvalue weighted by Gasteiger charge is -2.11. The number of fused-ring (bicyclic) bond motifs is 1. The number of pyridine rings is 1. The smallest absolute Gasteiger partial charge is 0.328 e. The first kappa shape index (κ1) is 15.3. The fraction of sp³-hybridized carbons (Fsp3) is 0.0769. The van der Waals surface area contributed by atoms with Crippen LogP contribution in [0.3, 0.4) is 0 Å². The van der Waals surface area contributed by atoms with Crippen molar-refractivity contribution in [2.75, 3.05) is 6.61 Å². The van der Waals surface area contributed by atoms with E-state index < -0.39 is 5.97 Å². The van der Waals surface area contributed by atoms with E-state index in [0.29, 0.717) is 20.9 Å². The Hall–Kier alpha value is -1.11. The molecule has 7 heteroatoms. The van der Waals surface area contributed by atoms with Crippen molar-refractivity contribution in [3.8, 4) is 5.75 Å². The summed E-state index contributed by atoms with van der Waals surface area (Å²) in [6.07, 6.45) is 2.43. The number of halogens is 3. The Morgan fingerprint density at radius 2 is 2.15 bits per heavy atom. The molecule has 0 aliphatic heterocycles. The zero-order chi connectivity index (χ0) is 14.7. The van der Waals surface area contributed by atoms with Gasteiger partial charge in [0.25, 0.3) is 0 Å². The summed E-state index contributed by atoms with van der Waals surface area (Å²) in [5.74, 6) is -0.504. The number of carbonyl (C=O) groups is 1. The van der Waals surface area contributed by atoms with Crippen LogP contribution in [0.4, 0.5) is 0 Å².